The Labute approximate surface area is 90.5 Å². The van der Waals surface area contributed by atoms with Crippen LogP contribution in [0.3, 0.4) is 0 Å². The summed E-state index contributed by atoms with van der Waals surface area (Å²) in [6, 6.07) is 4.95. The van der Waals surface area contributed by atoms with Crippen LogP contribution in [-0.4, -0.2) is 16.0 Å². The molecular formula is C10H11BrO3. The fourth-order valence-corrected chi connectivity index (χ4v) is 1.53. The average molecular weight is 259 g/mol. The summed E-state index contributed by atoms with van der Waals surface area (Å²) in [6.45, 7) is 1.20. The number of aliphatic hydroxyl groups is 1. The van der Waals surface area contributed by atoms with Crippen LogP contribution in [0, 0.1) is 0 Å². The van der Waals surface area contributed by atoms with E-state index < -0.39 is 4.83 Å². The minimum absolute atomic E-state index is 0.0212. The number of para-hydroxylation sites is 1. The normalized spacial score (nSPS) is 12.5. The molecule has 0 bridgehead atoms. The van der Waals surface area contributed by atoms with Gasteiger partial charge in [0.05, 0.1) is 6.61 Å². The van der Waals surface area contributed by atoms with Crippen molar-refractivity contribution in [3.63, 3.8) is 0 Å². The summed E-state index contributed by atoms with van der Waals surface area (Å²) in [5, 5.41) is 18.6. The van der Waals surface area contributed by atoms with Crippen molar-refractivity contribution >= 4 is 21.7 Å². The molecule has 3 nitrogen and oxygen atoms in total. The molecule has 1 unspecified atom stereocenters. The number of hydrogen-bond donors (Lipinski definition) is 2. The predicted molar refractivity (Wildman–Crippen MR) is 56.4 cm³/mol. The highest BCUT2D eigenvalue weighted by molar-refractivity contribution is 9.09. The monoisotopic (exact) mass is 258 g/mol. The van der Waals surface area contributed by atoms with Crippen LogP contribution in [0.4, 0.5) is 0 Å². The Bertz CT molecular complexity index is 349. The van der Waals surface area contributed by atoms with E-state index in [0.29, 0.717) is 11.1 Å². The molecule has 14 heavy (non-hydrogen) atoms. The molecule has 1 rings (SSSR count). The Hall–Kier alpha value is -0.870. The quantitative estimate of drug-likeness (QED) is 0.815. The summed E-state index contributed by atoms with van der Waals surface area (Å²) < 4.78 is 0. The molecule has 0 saturated carbocycles. The maximum absolute atomic E-state index is 11.1. The third kappa shape index (κ3) is 2.13. The largest absolute Gasteiger partial charge is 0.507 e. The molecule has 1 aromatic rings. The Morgan fingerprint density at radius 1 is 1.57 bits per heavy atom. The number of benzene rings is 1. The summed E-state index contributed by atoms with van der Waals surface area (Å²) in [4.78, 5) is 10.6. The van der Waals surface area contributed by atoms with Crippen molar-refractivity contribution in [2.45, 2.75) is 18.4 Å². The van der Waals surface area contributed by atoms with Gasteiger partial charge in [-0.15, -0.1) is 0 Å². The summed E-state index contributed by atoms with van der Waals surface area (Å²) in [6.07, 6.45) is 0. The zero-order valence-electron chi connectivity index (χ0n) is 7.70. The van der Waals surface area contributed by atoms with Crippen molar-refractivity contribution in [2.24, 2.45) is 0 Å². The van der Waals surface area contributed by atoms with Gasteiger partial charge in [0.2, 0.25) is 0 Å². The number of aliphatic hydroxyl groups excluding tert-OH is 1. The Balaban J connectivity index is 3.15. The SMILES string of the molecule is CC(=O)C(Br)c1cccc(CO)c1O. The van der Waals surface area contributed by atoms with Gasteiger partial charge >= 0.3 is 0 Å². The first-order valence-electron chi connectivity index (χ1n) is 4.14. The van der Waals surface area contributed by atoms with Crippen molar-refractivity contribution < 1.29 is 15.0 Å². The molecule has 0 aliphatic rings. The number of phenols is 1. The van der Waals surface area contributed by atoms with Gasteiger partial charge in [0, 0.05) is 11.1 Å². The van der Waals surface area contributed by atoms with Crippen LogP contribution in [0.2, 0.25) is 0 Å². The first-order valence-corrected chi connectivity index (χ1v) is 5.05. The fourth-order valence-electron chi connectivity index (χ4n) is 1.16. The van der Waals surface area contributed by atoms with E-state index in [1.807, 2.05) is 0 Å². The maximum atomic E-state index is 11.1. The van der Waals surface area contributed by atoms with E-state index in [2.05, 4.69) is 15.9 Å². The molecule has 4 heteroatoms. The molecule has 1 atom stereocenters. The minimum Gasteiger partial charge on any atom is -0.507 e. The number of halogens is 1. The summed E-state index contributed by atoms with van der Waals surface area (Å²) in [5.74, 6) is -0.109. The summed E-state index contributed by atoms with van der Waals surface area (Å²) in [5.41, 5.74) is 0.914. The van der Waals surface area contributed by atoms with Crippen molar-refractivity contribution in [3.8, 4) is 5.75 Å². The van der Waals surface area contributed by atoms with Crippen molar-refractivity contribution in [1.82, 2.24) is 0 Å². The second-order valence-electron chi connectivity index (χ2n) is 2.99. The lowest BCUT2D eigenvalue weighted by atomic mass is 10.0. The standard InChI is InChI=1S/C10H11BrO3/c1-6(13)9(11)8-4-2-3-7(5-12)10(8)14/h2-4,9,12,14H,5H2,1H3. The van der Waals surface area contributed by atoms with Gasteiger partial charge < -0.3 is 10.2 Å². The molecule has 0 aromatic heterocycles. The highest BCUT2D eigenvalue weighted by atomic mass is 79.9. The van der Waals surface area contributed by atoms with Crippen LogP contribution in [-0.2, 0) is 11.4 Å². The third-order valence-corrected chi connectivity index (χ3v) is 3.09. The highest BCUT2D eigenvalue weighted by Crippen LogP contribution is 2.33. The van der Waals surface area contributed by atoms with Crippen LogP contribution in [0.1, 0.15) is 22.9 Å². The Kier molecular flexibility index (Phi) is 3.66. The van der Waals surface area contributed by atoms with E-state index in [1.54, 1.807) is 18.2 Å². The number of aromatic hydroxyl groups is 1. The smallest absolute Gasteiger partial charge is 0.147 e. The second-order valence-corrected chi connectivity index (χ2v) is 3.90. The van der Waals surface area contributed by atoms with E-state index in [-0.39, 0.29) is 18.1 Å². The van der Waals surface area contributed by atoms with Crippen LogP contribution < -0.4 is 0 Å². The number of carbonyl (C=O) groups is 1. The van der Waals surface area contributed by atoms with Gasteiger partial charge in [-0.3, -0.25) is 4.79 Å². The first-order chi connectivity index (χ1) is 6.57. The minimum atomic E-state index is -0.519. The van der Waals surface area contributed by atoms with E-state index in [4.69, 9.17) is 5.11 Å². The van der Waals surface area contributed by atoms with Gasteiger partial charge in [-0.2, -0.15) is 0 Å². The van der Waals surface area contributed by atoms with Gasteiger partial charge in [0.25, 0.3) is 0 Å². The van der Waals surface area contributed by atoms with Crippen LogP contribution in [0.25, 0.3) is 0 Å². The summed E-state index contributed by atoms with van der Waals surface area (Å²) in [7, 11) is 0. The molecule has 0 radical (unpaired) electrons. The van der Waals surface area contributed by atoms with Crippen LogP contribution in [0.5, 0.6) is 5.75 Å². The van der Waals surface area contributed by atoms with Gasteiger partial charge in [0.1, 0.15) is 16.4 Å². The average Bonchev–Trinajstić information content (AvgIpc) is 2.17. The molecule has 0 saturated heterocycles. The predicted octanol–water partition coefficient (Wildman–Crippen LogP) is 1.91. The van der Waals surface area contributed by atoms with E-state index in [9.17, 15) is 9.90 Å². The van der Waals surface area contributed by atoms with Crippen molar-refractivity contribution in [2.75, 3.05) is 0 Å². The zero-order valence-corrected chi connectivity index (χ0v) is 9.28. The first kappa shape index (κ1) is 11.2. The molecule has 0 heterocycles. The lowest BCUT2D eigenvalue weighted by Gasteiger charge is -2.10. The Morgan fingerprint density at radius 3 is 2.71 bits per heavy atom. The molecule has 0 aliphatic carbocycles. The number of alkyl halides is 1. The third-order valence-electron chi connectivity index (χ3n) is 1.95. The lowest BCUT2D eigenvalue weighted by molar-refractivity contribution is -0.116. The molecule has 2 N–H and O–H groups in total. The topological polar surface area (TPSA) is 57.5 Å². The van der Waals surface area contributed by atoms with Gasteiger partial charge in [-0.1, -0.05) is 34.1 Å². The number of rotatable bonds is 3. The molecule has 0 amide bonds. The number of Topliss-reactive ketones (excluding diaryl/α,β-unsaturated/α-hetero) is 1. The molecule has 76 valence electrons. The summed E-state index contributed by atoms with van der Waals surface area (Å²) >= 11 is 3.17. The Morgan fingerprint density at radius 2 is 2.21 bits per heavy atom. The number of carbonyl (C=O) groups excluding carboxylic acids is 1. The number of hydrogen-bond acceptors (Lipinski definition) is 3. The van der Waals surface area contributed by atoms with Crippen molar-refractivity contribution in [1.29, 1.82) is 0 Å². The molecule has 0 spiro atoms. The fraction of sp³-hybridized carbons (Fsp3) is 0.300. The number of ketones is 1. The highest BCUT2D eigenvalue weighted by Gasteiger charge is 2.17. The van der Waals surface area contributed by atoms with Crippen molar-refractivity contribution in [3.05, 3.63) is 29.3 Å². The van der Waals surface area contributed by atoms with E-state index in [1.165, 1.54) is 6.92 Å². The van der Waals surface area contributed by atoms with Crippen LogP contribution in [0.15, 0.2) is 18.2 Å². The lowest BCUT2D eigenvalue weighted by Crippen LogP contribution is -2.02. The van der Waals surface area contributed by atoms with Gasteiger partial charge in [-0.05, 0) is 6.92 Å². The maximum Gasteiger partial charge on any atom is 0.147 e. The molecule has 1 aromatic carbocycles. The van der Waals surface area contributed by atoms with Gasteiger partial charge in [-0.25, -0.2) is 0 Å². The van der Waals surface area contributed by atoms with E-state index in [0.717, 1.165) is 0 Å². The molecule has 0 fully saturated rings. The zero-order chi connectivity index (χ0) is 10.7. The van der Waals surface area contributed by atoms with Gasteiger partial charge in [0.15, 0.2) is 0 Å². The second kappa shape index (κ2) is 4.57. The van der Waals surface area contributed by atoms with Crippen LogP contribution >= 0.6 is 15.9 Å². The molecule has 0 aliphatic heterocycles. The molecular weight excluding hydrogens is 248 g/mol. The van der Waals surface area contributed by atoms with E-state index >= 15 is 0 Å².